The molecule has 3 heterocycles. The Labute approximate surface area is 169 Å². The molecular weight excluding hydrogens is 362 g/mol. The molecule has 29 heavy (non-hydrogen) atoms. The minimum atomic E-state index is -0.0743. The molecule has 1 saturated heterocycles. The number of urea groups is 1. The van der Waals surface area contributed by atoms with Crippen molar-refractivity contribution in [3.63, 3.8) is 0 Å². The fourth-order valence-corrected chi connectivity index (χ4v) is 4.72. The van der Waals surface area contributed by atoms with E-state index in [0.29, 0.717) is 25.6 Å². The van der Waals surface area contributed by atoms with E-state index >= 15 is 0 Å². The van der Waals surface area contributed by atoms with Gasteiger partial charge in [0.25, 0.3) is 5.56 Å². The Bertz CT molecular complexity index is 1110. The summed E-state index contributed by atoms with van der Waals surface area (Å²) in [6.07, 6.45) is 1.04. The largest absolute Gasteiger partial charge is 0.324 e. The Morgan fingerprint density at radius 3 is 2.52 bits per heavy atom. The van der Waals surface area contributed by atoms with Gasteiger partial charge in [-0.25, -0.2) is 4.79 Å². The van der Waals surface area contributed by atoms with Crippen molar-refractivity contribution >= 4 is 11.7 Å². The van der Waals surface area contributed by atoms with Crippen molar-refractivity contribution in [3.8, 4) is 11.1 Å². The summed E-state index contributed by atoms with van der Waals surface area (Å²) in [5.41, 5.74) is 4.02. The van der Waals surface area contributed by atoms with Gasteiger partial charge in [-0.3, -0.25) is 4.79 Å². The van der Waals surface area contributed by atoms with Gasteiger partial charge in [0, 0.05) is 42.9 Å². The normalized spacial score (nSPS) is 20.1. The second-order valence-corrected chi connectivity index (χ2v) is 7.94. The number of fused-ring (bicyclic) bond motifs is 4. The van der Waals surface area contributed by atoms with Gasteiger partial charge in [0.2, 0.25) is 0 Å². The van der Waals surface area contributed by atoms with Crippen LogP contribution in [0.25, 0.3) is 11.1 Å². The molecule has 146 valence electrons. The van der Waals surface area contributed by atoms with Crippen molar-refractivity contribution in [2.24, 2.45) is 5.92 Å². The Kier molecular flexibility index (Phi) is 4.43. The third kappa shape index (κ3) is 3.33. The summed E-state index contributed by atoms with van der Waals surface area (Å²) in [6.45, 7) is 2.01. The van der Waals surface area contributed by atoms with E-state index in [0.717, 1.165) is 28.9 Å². The summed E-state index contributed by atoms with van der Waals surface area (Å²) in [6, 6.07) is 23.4. The number of likely N-dealkylation sites (tertiary alicyclic amines) is 1. The van der Waals surface area contributed by atoms with E-state index in [1.165, 1.54) is 0 Å². The second kappa shape index (κ2) is 7.24. The fourth-order valence-electron chi connectivity index (χ4n) is 4.72. The van der Waals surface area contributed by atoms with Crippen LogP contribution in [0.1, 0.15) is 18.0 Å². The standard InChI is InChI=1S/C24H23N3O2/c28-23-12-6-11-22-19-13-17(15-27(22)23)14-26(16-19)24(29)25-21-10-5-4-9-20(21)18-7-2-1-3-8-18/h1-12,17,19H,13-16H2,(H,25,29)/t17-,19+/m1/s1. The zero-order valence-corrected chi connectivity index (χ0v) is 16.1. The number of para-hydroxylation sites is 1. The van der Waals surface area contributed by atoms with Crippen molar-refractivity contribution in [2.75, 3.05) is 18.4 Å². The van der Waals surface area contributed by atoms with Gasteiger partial charge in [-0.2, -0.15) is 0 Å². The minimum absolute atomic E-state index is 0.0619. The molecule has 3 aromatic rings. The number of hydrogen-bond donors (Lipinski definition) is 1. The number of piperidine rings is 1. The van der Waals surface area contributed by atoms with Gasteiger partial charge >= 0.3 is 6.03 Å². The summed E-state index contributed by atoms with van der Waals surface area (Å²) < 4.78 is 1.89. The van der Waals surface area contributed by atoms with Gasteiger partial charge in [0.05, 0.1) is 5.69 Å². The molecule has 5 heteroatoms. The molecule has 5 rings (SSSR count). The highest BCUT2D eigenvalue weighted by Gasteiger charge is 2.36. The number of anilines is 1. The Hall–Kier alpha value is -3.34. The summed E-state index contributed by atoms with van der Waals surface area (Å²) in [7, 11) is 0. The number of amides is 2. The molecule has 5 nitrogen and oxygen atoms in total. The van der Waals surface area contributed by atoms with Gasteiger partial charge in [0.1, 0.15) is 0 Å². The number of nitrogens with zero attached hydrogens (tertiary/aromatic N) is 2. The zero-order chi connectivity index (χ0) is 19.8. The van der Waals surface area contributed by atoms with Gasteiger partial charge < -0.3 is 14.8 Å². The van der Waals surface area contributed by atoms with Crippen LogP contribution < -0.4 is 10.9 Å². The van der Waals surface area contributed by atoms with Gasteiger partial charge in [-0.15, -0.1) is 0 Å². The van der Waals surface area contributed by atoms with Crippen molar-refractivity contribution in [2.45, 2.75) is 18.9 Å². The number of carbonyl (C=O) groups is 1. The van der Waals surface area contributed by atoms with Crippen LogP contribution in [0.3, 0.4) is 0 Å². The van der Waals surface area contributed by atoms with Crippen molar-refractivity contribution in [3.05, 3.63) is 88.8 Å². The second-order valence-electron chi connectivity index (χ2n) is 7.94. The fraction of sp³-hybridized carbons (Fsp3) is 0.250. The highest BCUT2D eigenvalue weighted by Crippen LogP contribution is 2.35. The lowest BCUT2D eigenvalue weighted by Gasteiger charge is -2.42. The number of hydrogen-bond acceptors (Lipinski definition) is 2. The number of carbonyl (C=O) groups excluding carboxylic acids is 1. The summed E-state index contributed by atoms with van der Waals surface area (Å²) in [5, 5.41) is 3.12. The van der Waals surface area contributed by atoms with Crippen molar-refractivity contribution in [1.82, 2.24) is 9.47 Å². The van der Waals surface area contributed by atoms with E-state index in [2.05, 4.69) is 5.32 Å². The van der Waals surface area contributed by atoms with E-state index in [-0.39, 0.29) is 17.5 Å². The van der Waals surface area contributed by atoms with E-state index in [1.54, 1.807) is 6.07 Å². The maximum Gasteiger partial charge on any atom is 0.321 e. The first-order valence-electron chi connectivity index (χ1n) is 10.1. The molecule has 0 unspecified atom stereocenters. The third-order valence-electron chi connectivity index (χ3n) is 6.02. The van der Waals surface area contributed by atoms with Crippen LogP contribution in [0.4, 0.5) is 10.5 Å². The smallest absolute Gasteiger partial charge is 0.321 e. The predicted molar refractivity (Wildman–Crippen MR) is 114 cm³/mol. The lowest BCUT2D eigenvalue weighted by molar-refractivity contribution is 0.139. The molecule has 2 aliphatic heterocycles. The maximum atomic E-state index is 13.1. The lowest BCUT2D eigenvalue weighted by atomic mass is 9.83. The van der Waals surface area contributed by atoms with E-state index in [4.69, 9.17) is 0 Å². The molecule has 2 aliphatic rings. The molecular formula is C24H23N3O2. The Morgan fingerprint density at radius 1 is 0.862 bits per heavy atom. The van der Waals surface area contributed by atoms with Gasteiger partial charge in [-0.05, 0) is 30.0 Å². The highest BCUT2D eigenvalue weighted by atomic mass is 16.2. The van der Waals surface area contributed by atoms with Crippen LogP contribution in [0.15, 0.2) is 77.6 Å². The predicted octanol–water partition coefficient (Wildman–Crippen LogP) is 4.17. The molecule has 2 bridgehead atoms. The van der Waals surface area contributed by atoms with Crippen LogP contribution in [0.2, 0.25) is 0 Å². The van der Waals surface area contributed by atoms with Crippen LogP contribution in [0, 0.1) is 5.92 Å². The topological polar surface area (TPSA) is 54.3 Å². The van der Waals surface area contributed by atoms with E-state index in [9.17, 15) is 9.59 Å². The van der Waals surface area contributed by atoms with Crippen LogP contribution in [-0.4, -0.2) is 28.6 Å². The molecule has 1 aromatic heterocycles. The first-order valence-corrected chi connectivity index (χ1v) is 10.1. The molecule has 2 amide bonds. The number of benzene rings is 2. The van der Waals surface area contributed by atoms with Crippen LogP contribution >= 0.6 is 0 Å². The summed E-state index contributed by atoms with van der Waals surface area (Å²) >= 11 is 0. The summed E-state index contributed by atoms with van der Waals surface area (Å²) in [4.78, 5) is 27.2. The number of nitrogens with one attached hydrogen (secondary N) is 1. The molecule has 0 saturated carbocycles. The first-order chi connectivity index (χ1) is 14.2. The van der Waals surface area contributed by atoms with E-state index < -0.39 is 0 Å². The maximum absolute atomic E-state index is 13.1. The minimum Gasteiger partial charge on any atom is -0.324 e. The molecule has 0 aliphatic carbocycles. The van der Waals surface area contributed by atoms with Crippen LogP contribution in [0.5, 0.6) is 0 Å². The van der Waals surface area contributed by atoms with Gasteiger partial charge in [0.15, 0.2) is 0 Å². The van der Waals surface area contributed by atoms with Crippen molar-refractivity contribution in [1.29, 1.82) is 0 Å². The first kappa shape index (κ1) is 17.7. The Balaban J connectivity index is 1.38. The monoisotopic (exact) mass is 385 g/mol. The third-order valence-corrected chi connectivity index (χ3v) is 6.02. The average Bonchev–Trinajstić information content (AvgIpc) is 2.75. The van der Waals surface area contributed by atoms with Crippen LogP contribution in [-0.2, 0) is 6.54 Å². The highest BCUT2D eigenvalue weighted by molar-refractivity contribution is 5.94. The van der Waals surface area contributed by atoms with Crippen molar-refractivity contribution < 1.29 is 4.79 Å². The van der Waals surface area contributed by atoms with E-state index in [1.807, 2.05) is 76.2 Å². The zero-order valence-electron chi connectivity index (χ0n) is 16.1. The quantitative estimate of drug-likeness (QED) is 0.720. The Morgan fingerprint density at radius 2 is 1.66 bits per heavy atom. The molecule has 2 atom stereocenters. The number of rotatable bonds is 2. The molecule has 1 fully saturated rings. The molecule has 2 aromatic carbocycles. The SMILES string of the molecule is O=C(Nc1ccccc1-c1ccccc1)N1C[C@H]2C[C@@H](C1)c1cccc(=O)n1C2. The number of aromatic nitrogens is 1. The summed E-state index contributed by atoms with van der Waals surface area (Å²) in [5.74, 6) is 0.531. The molecule has 1 N–H and O–H groups in total. The molecule has 0 spiro atoms. The van der Waals surface area contributed by atoms with Gasteiger partial charge in [-0.1, -0.05) is 54.6 Å². The average molecular weight is 385 g/mol. The molecule has 0 radical (unpaired) electrons. The number of pyridine rings is 1. The lowest BCUT2D eigenvalue weighted by Crippen LogP contribution is -2.50.